The fourth-order valence-corrected chi connectivity index (χ4v) is 1.96. The van der Waals surface area contributed by atoms with E-state index in [2.05, 4.69) is 12.2 Å². The van der Waals surface area contributed by atoms with Crippen molar-refractivity contribution in [2.24, 2.45) is 0 Å². The summed E-state index contributed by atoms with van der Waals surface area (Å²) in [5.74, 6) is 0.898. The van der Waals surface area contributed by atoms with Crippen molar-refractivity contribution >= 4 is 11.6 Å². The summed E-state index contributed by atoms with van der Waals surface area (Å²) in [5.41, 5.74) is 1.13. The van der Waals surface area contributed by atoms with Crippen molar-refractivity contribution < 1.29 is 4.74 Å². The summed E-state index contributed by atoms with van der Waals surface area (Å²) >= 11 is 5.93. The molecule has 3 heteroatoms. The van der Waals surface area contributed by atoms with Crippen LogP contribution in [0.4, 0.5) is 0 Å². The molecule has 96 valence electrons. The van der Waals surface area contributed by atoms with Crippen LogP contribution in [0.15, 0.2) is 18.2 Å². The zero-order chi connectivity index (χ0) is 12.7. The Hall–Kier alpha value is -0.730. The normalized spacial score (nSPS) is 12.5. The third-order valence-electron chi connectivity index (χ3n) is 3.01. The van der Waals surface area contributed by atoms with Crippen molar-refractivity contribution in [2.75, 3.05) is 13.7 Å². The summed E-state index contributed by atoms with van der Waals surface area (Å²) in [6.07, 6.45) is 3.37. The Morgan fingerprint density at radius 2 is 2.18 bits per heavy atom. The number of aryl methyl sites for hydroxylation is 1. The van der Waals surface area contributed by atoms with Crippen molar-refractivity contribution in [3.05, 3.63) is 28.8 Å². The van der Waals surface area contributed by atoms with E-state index in [1.54, 1.807) is 0 Å². The number of hydrogen-bond acceptors (Lipinski definition) is 2. The Morgan fingerprint density at radius 3 is 2.82 bits per heavy atom. The maximum absolute atomic E-state index is 5.93. The van der Waals surface area contributed by atoms with Gasteiger partial charge in [-0.25, -0.2) is 0 Å². The molecule has 0 aliphatic rings. The van der Waals surface area contributed by atoms with Gasteiger partial charge in [0.25, 0.3) is 0 Å². The van der Waals surface area contributed by atoms with E-state index in [4.69, 9.17) is 16.3 Å². The van der Waals surface area contributed by atoms with Crippen molar-refractivity contribution in [3.63, 3.8) is 0 Å². The maximum Gasteiger partial charge on any atom is 0.123 e. The lowest BCUT2D eigenvalue weighted by Crippen LogP contribution is -2.24. The van der Waals surface area contributed by atoms with Crippen LogP contribution in [0.5, 0.6) is 5.75 Å². The molecule has 1 N–H and O–H groups in total. The number of nitrogens with one attached hydrogen (secondary N) is 1. The van der Waals surface area contributed by atoms with Crippen LogP contribution < -0.4 is 10.1 Å². The summed E-state index contributed by atoms with van der Waals surface area (Å²) in [7, 11) is 2.01. The molecule has 1 aromatic carbocycles. The van der Waals surface area contributed by atoms with Crippen LogP contribution in [0.2, 0.25) is 5.02 Å². The van der Waals surface area contributed by atoms with Crippen LogP contribution in [0, 0.1) is 6.92 Å². The zero-order valence-corrected chi connectivity index (χ0v) is 11.7. The van der Waals surface area contributed by atoms with E-state index in [-0.39, 0.29) is 0 Å². The average molecular weight is 256 g/mol. The molecule has 0 aliphatic heterocycles. The molecular formula is C14H22ClNO. The van der Waals surface area contributed by atoms with Gasteiger partial charge < -0.3 is 10.1 Å². The van der Waals surface area contributed by atoms with Gasteiger partial charge in [0.05, 0.1) is 6.61 Å². The number of benzene rings is 1. The van der Waals surface area contributed by atoms with Crippen LogP contribution in [-0.2, 0) is 0 Å². The third-order valence-corrected chi connectivity index (χ3v) is 3.24. The smallest absolute Gasteiger partial charge is 0.123 e. The minimum Gasteiger partial charge on any atom is -0.493 e. The summed E-state index contributed by atoms with van der Waals surface area (Å²) < 4.78 is 5.74. The van der Waals surface area contributed by atoms with E-state index in [1.165, 1.54) is 0 Å². The molecule has 1 aromatic rings. The Balaban J connectivity index is 2.33. The first-order valence-electron chi connectivity index (χ1n) is 6.23. The highest BCUT2D eigenvalue weighted by molar-refractivity contribution is 6.30. The Bertz CT molecular complexity index is 337. The molecule has 0 bridgehead atoms. The Kier molecular flexibility index (Phi) is 6.38. The highest BCUT2D eigenvalue weighted by Gasteiger charge is 2.04. The monoisotopic (exact) mass is 255 g/mol. The minimum absolute atomic E-state index is 0.596. The number of rotatable bonds is 7. The molecule has 1 atom stereocenters. The first-order chi connectivity index (χ1) is 8.17. The van der Waals surface area contributed by atoms with Crippen molar-refractivity contribution in [1.29, 1.82) is 0 Å². The van der Waals surface area contributed by atoms with Gasteiger partial charge in [0.1, 0.15) is 5.75 Å². The summed E-state index contributed by atoms with van der Waals surface area (Å²) in [6, 6.07) is 6.35. The summed E-state index contributed by atoms with van der Waals surface area (Å²) in [5, 5.41) is 4.02. The lowest BCUT2D eigenvalue weighted by atomic mass is 10.1. The zero-order valence-electron chi connectivity index (χ0n) is 10.9. The van der Waals surface area contributed by atoms with E-state index in [1.807, 2.05) is 32.2 Å². The largest absolute Gasteiger partial charge is 0.493 e. The van der Waals surface area contributed by atoms with Crippen molar-refractivity contribution in [3.8, 4) is 5.75 Å². The molecular weight excluding hydrogens is 234 g/mol. The van der Waals surface area contributed by atoms with Gasteiger partial charge >= 0.3 is 0 Å². The predicted molar refractivity (Wildman–Crippen MR) is 74.1 cm³/mol. The third kappa shape index (κ3) is 4.97. The van der Waals surface area contributed by atoms with Gasteiger partial charge in [-0.05, 0) is 50.9 Å². The molecule has 0 fully saturated rings. The van der Waals surface area contributed by atoms with Crippen LogP contribution in [0.3, 0.4) is 0 Å². The molecule has 0 saturated carbocycles. The van der Waals surface area contributed by atoms with E-state index in [9.17, 15) is 0 Å². The molecule has 0 radical (unpaired) electrons. The van der Waals surface area contributed by atoms with E-state index >= 15 is 0 Å². The molecule has 0 aliphatic carbocycles. The minimum atomic E-state index is 0.596. The first-order valence-corrected chi connectivity index (χ1v) is 6.61. The van der Waals surface area contributed by atoms with Crippen LogP contribution in [0.25, 0.3) is 0 Å². The van der Waals surface area contributed by atoms with Crippen LogP contribution in [-0.4, -0.2) is 19.7 Å². The topological polar surface area (TPSA) is 21.3 Å². The fourth-order valence-electron chi connectivity index (χ4n) is 1.79. The lowest BCUT2D eigenvalue weighted by Gasteiger charge is -2.14. The lowest BCUT2D eigenvalue weighted by molar-refractivity contribution is 0.294. The fraction of sp³-hybridized carbons (Fsp3) is 0.571. The molecule has 0 amide bonds. The number of ether oxygens (including phenoxy) is 1. The van der Waals surface area contributed by atoms with Gasteiger partial charge in [-0.2, -0.15) is 0 Å². The maximum atomic E-state index is 5.93. The second-order valence-corrected chi connectivity index (χ2v) is 4.73. The van der Waals surface area contributed by atoms with Crippen LogP contribution >= 0.6 is 11.6 Å². The van der Waals surface area contributed by atoms with E-state index in [0.717, 1.165) is 42.2 Å². The van der Waals surface area contributed by atoms with Gasteiger partial charge in [0.2, 0.25) is 0 Å². The average Bonchev–Trinajstić information content (AvgIpc) is 2.33. The number of halogens is 1. The van der Waals surface area contributed by atoms with Gasteiger partial charge in [-0.3, -0.25) is 0 Å². The quantitative estimate of drug-likeness (QED) is 0.749. The van der Waals surface area contributed by atoms with Crippen molar-refractivity contribution in [2.45, 2.75) is 39.2 Å². The van der Waals surface area contributed by atoms with Crippen LogP contribution in [0.1, 0.15) is 31.7 Å². The second kappa shape index (κ2) is 7.57. The van der Waals surface area contributed by atoms with Gasteiger partial charge in [0.15, 0.2) is 0 Å². The predicted octanol–water partition coefficient (Wildman–Crippen LogP) is 3.81. The molecule has 1 rings (SSSR count). The van der Waals surface area contributed by atoms with Gasteiger partial charge in [-0.1, -0.05) is 24.6 Å². The Morgan fingerprint density at radius 1 is 1.41 bits per heavy atom. The van der Waals surface area contributed by atoms with Crippen molar-refractivity contribution in [1.82, 2.24) is 5.32 Å². The van der Waals surface area contributed by atoms with Gasteiger partial charge in [0, 0.05) is 11.1 Å². The Labute approximate surface area is 109 Å². The highest BCUT2D eigenvalue weighted by Crippen LogP contribution is 2.22. The standard InChI is InChI=1S/C14H22ClNO/c1-4-13(16-3)6-5-9-17-14-10-12(15)8-7-11(14)2/h7-8,10,13,16H,4-6,9H2,1-3H3. The molecule has 17 heavy (non-hydrogen) atoms. The first kappa shape index (κ1) is 14.3. The molecule has 2 nitrogen and oxygen atoms in total. The second-order valence-electron chi connectivity index (χ2n) is 4.29. The molecule has 1 unspecified atom stereocenters. The molecule has 0 aromatic heterocycles. The van der Waals surface area contributed by atoms with E-state index < -0.39 is 0 Å². The molecule has 0 spiro atoms. The highest BCUT2D eigenvalue weighted by atomic mass is 35.5. The number of hydrogen-bond donors (Lipinski definition) is 1. The van der Waals surface area contributed by atoms with Gasteiger partial charge in [-0.15, -0.1) is 0 Å². The summed E-state index contributed by atoms with van der Waals surface area (Å²) in [4.78, 5) is 0. The molecule has 0 saturated heterocycles. The molecule has 0 heterocycles. The SMILES string of the molecule is CCC(CCCOc1cc(Cl)ccc1C)NC. The van der Waals surface area contributed by atoms with E-state index in [0.29, 0.717) is 6.04 Å². The summed E-state index contributed by atoms with van der Waals surface area (Å²) in [6.45, 7) is 4.98.